The third-order valence-electron chi connectivity index (χ3n) is 8.56. The Bertz CT molecular complexity index is 2520. The third-order valence-corrected chi connectivity index (χ3v) is 8.56. The van der Waals surface area contributed by atoms with Crippen molar-refractivity contribution in [3.8, 4) is 45.0 Å². The zero-order chi connectivity index (χ0) is 29.7. The molecule has 0 aliphatic heterocycles. The van der Waals surface area contributed by atoms with E-state index in [1.54, 1.807) is 6.20 Å². The van der Waals surface area contributed by atoms with Gasteiger partial charge in [-0.25, -0.2) is 9.97 Å². The van der Waals surface area contributed by atoms with Gasteiger partial charge in [0.1, 0.15) is 11.2 Å². The van der Waals surface area contributed by atoms with Crippen LogP contribution >= 0.6 is 0 Å². The minimum atomic E-state index is 0.864. The van der Waals surface area contributed by atoms with Crippen molar-refractivity contribution < 1.29 is 4.42 Å². The molecule has 9 rings (SSSR count). The zero-order valence-corrected chi connectivity index (χ0v) is 24.2. The highest BCUT2D eigenvalue weighted by Gasteiger charge is 2.17. The van der Waals surface area contributed by atoms with Crippen molar-refractivity contribution in [3.63, 3.8) is 0 Å². The van der Waals surface area contributed by atoms with Gasteiger partial charge in [-0.1, -0.05) is 103 Å². The highest BCUT2D eigenvalue weighted by Crippen LogP contribution is 2.40. The molecule has 0 N–H and O–H groups in total. The second kappa shape index (κ2) is 10.2. The number of aromatic nitrogens is 3. The highest BCUT2D eigenvalue weighted by molar-refractivity contribution is 6.24. The number of hydrogen-bond donors (Lipinski definition) is 0. The number of furan rings is 1. The maximum Gasteiger partial charge on any atom is 0.144 e. The summed E-state index contributed by atoms with van der Waals surface area (Å²) in [5.74, 6) is 0. The number of nitrogens with zero attached hydrogens (tertiary/aromatic N) is 3. The van der Waals surface area contributed by atoms with Gasteiger partial charge in [0.25, 0.3) is 0 Å². The molecule has 0 atom stereocenters. The quantitative estimate of drug-likeness (QED) is 0.196. The van der Waals surface area contributed by atoms with Crippen molar-refractivity contribution in [3.05, 3.63) is 152 Å². The van der Waals surface area contributed by atoms with Gasteiger partial charge in [-0.15, -0.1) is 0 Å². The van der Waals surface area contributed by atoms with Gasteiger partial charge in [0.05, 0.1) is 28.3 Å². The fraction of sp³-hybridized carbons (Fsp3) is 0. The number of pyridine rings is 3. The van der Waals surface area contributed by atoms with Crippen LogP contribution in [0.25, 0.3) is 88.6 Å². The molecule has 4 heteroatoms. The van der Waals surface area contributed by atoms with Gasteiger partial charge in [-0.3, -0.25) is 4.98 Å². The first-order valence-corrected chi connectivity index (χ1v) is 15.0. The minimum Gasteiger partial charge on any atom is -0.455 e. The molecule has 0 aliphatic carbocycles. The van der Waals surface area contributed by atoms with E-state index in [9.17, 15) is 0 Å². The second-order valence-electron chi connectivity index (χ2n) is 11.2. The summed E-state index contributed by atoms with van der Waals surface area (Å²) in [5.41, 5.74) is 10.8. The van der Waals surface area contributed by atoms with Gasteiger partial charge in [0.15, 0.2) is 0 Å². The normalized spacial score (nSPS) is 11.6. The molecule has 0 aliphatic rings. The number of benzene rings is 5. The predicted octanol–water partition coefficient (Wildman–Crippen LogP) is 10.7. The maximum atomic E-state index is 6.48. The van der Waals surface area contributed by atoms with Crippen LogP contribution in [-0.4, -0.2) is 15.0 Å². The van der Waals surface area contributed by atoms with Gasteiger partial charge in [-0.2, -0.15) is 0 Å². The lowest BCUT2D eigenvalue weighted by Crippen LogP contribution is -1.91. The molecular formula is C41H25N3O. The Kier molecular flexibility index (Phi) is 5.78. The SMILES string of the molecule is c1ccc(-c2cccc(-c3ccc(-c4ccc(-c5nc6ccccc6c6c5ccc5c7ccccc7oc56)cc4)cc3)n2)nc1. The standard InChI is InChI=1S/C41H25N3O/c1-3-10-35-32(9-1)39-33(24-23-31-30-8-2-4-14-38(30)45-41(31)39)40(44-35)29-21-17-27(18-22-29)26-15-19-28(20-16-26)34-12-7-13-37(43-34)36-11-5-6-25-42-36/h1-25H. The van der Waals surface area contributed by atoms with Crippen LogP contribution in [0.5, 0.6) is 0 Å². The molecule has 4 heterocycles. The van der Waals surface area contributed by atoms with Gasteiger partial charge in [0, 0.05) is 44.3 Å². The molecule has 0 spiro atoms. The van der Waals surface area contributed by atoms with Crippen LogP contribution in [0.1, 0.15) is 0 Å². The Hall–Kier alpha value is -6.13. The van der Waals surface area contributed by atoms with E-state index in [1.165, 1.54) is 0 Å². The summed E-state index contributed by atoms with van der Waals surface area (Å²) in [6.45, 7) is 0. The largest absolute Gasteiger partial charge is 0.455 e. The summed E-state index contributed by atoms with van der Waals surface area (Å²) in [5, 5.41) is 5.53. The molecule has 0 bridgehead atoms. The molecule has 0 amide bonds. The Labute approximate surface area is 259 Å². The molecule has 45 heavy (non-hydrogen) atoms. The Morgan fingerprint density at radius 1 is 0.400 bits per heavy atom. The highest BCUT2D eigenvalue weighted by atomic mass is 16.3. The van der Waals surface area contributed by atoms with Crippen LogP contribution in [0.15, 0.2) is 156 Å². The molecule has 0 radical (unpaired) electrons. The monoisotopic (exact) mass is 575 g/mol. The number of hydrogen-bond acceptors (Lipinski definition) is 4. The Morgan fingerprint density at radius 3 is 1.84 bits per heavy atom. The number of rotatable bonds is 4. The maximum absolute atomic E-state index is 6.48. The average Bonchev–Trinajstić information content (AvgIpc) is 3.51. The van der Waals surface area contributed by atoms with E-state index in [-0.39, 0.29) is 0 Å². The summed E-state index contributed by atoms with van der Waals surface area (Å²) in [7, 11) is 0. The smallest absolute Gasteiger partial charge is 0.144 e. The summed E-state index contributed by atoms with van der Waals surface area (Å²) >= 11 is 0. The minimum absolute atomic E-state index is 0.864. The van der Waals surface area contributed by atoms with Crippen LogP contribution < -0.4 is 0 Å². The predicted molar refractivity (Wildman–Crippen MR) is 184 cm³/mol. The topological polar surface area (TPSA) is 51.8 Å². The molecule has 4 aromatic heterocycles. The van der Waals surface area contributed by atoms with Crippen LogP contribution in [0, 0.1) is 0 Å². The fourth-order valence-electron chi connectivity index (χ4n) is 6.34. The third kappa shape index (κ3) is 4.27. The van der Waals surface area contributed by atoms with E-state index < -0.39 is 0 Å². The van der Waals surface area contributed by atoms with Gasteiger partial charge in [0.2, 0.25) is 0 Å². The second-order valence-corrected chi connectivity index (χ2v) is 11.2. The van der Waals surface area contributed by atoms with Crippen LogP contribution in [0.2, 0.25) is 0 Å². The van der Waals surface area contributed by atoms with Gasteiger partial charge < -0.3 is 4.42 Å². The summed E-state index contributed by atoms with van der Waals surface area (Å²) in [6.07, 6.45) is 1.79. The lowest BCUT2D eigenvalue weighted by atomic mass is 9.96. The first-order valence-electron chi connectivity index (χ1n) is 15.0. The molecule has 210 valence electrons. The van der Waals surface area contributed by atoms with E-state index in [0.29, 0.717) is 0 Å². The first kappa shape index (κ1) is 25.4. The van der Waals surface area contributed by atoms with E-state index in [0.717, 1.165) is 88.6 Å². The van der Waals surface area contributed by atoms with E-state index in [2.05, 4.69) is 96.0 Å². The molecule has 9 aromatic rings. The average molecular weight is 576 g/mol. The van der Waals surface area contributed by atoms with Gasteiger partial charge >= 0.3 is 0 Å². The lowest BCUT2D eigenvalue weighted by Gasteiger charge is -2.11. The van der Waals surface area contributed by atoms with Crippen molar-refractivity contribution >= 4 is 43.6 Å². The van der Waals surface area contributed by atoms with Crippen molar-refractivity contribution in [2.45, 2.75) is 0 Å². The van der Waals surface area contributed by atoms with Crippen LogP contribution in [-0.2, 0) is 0 Å². The number of fused-ring (bicyclic) bond motifs is 7. The molecule has 0 saturated heterocycles. The molecule has 5 aromatic carbocycles. The first-order chi connectivity index (χ1) is 22.3. The Balaban J connectivity index is 1.10. The fourth-order valence-corrected chi connectivity index (χ4v) is 6.34. The van der Waals surface area contributed by atoms with E-state index >= 15 is 0 Å². The molecule has 0 saturated carbocycles. The van der Waals surface area contributed by atoms with Crippen molar-refractivity contribution in [1.29, 1.82) is 0 Å². The molecule has 4 nitrogen and oxygen atoms in total. The summed E-state index contributed by atoms with van der Waals surface area (Å²) in [6, 6.07) is 50.1. The Morgan fingerprint density at radius 2 is 1.04 bits per heavy atom. The van der Waals surface area contributed by atoms with E-state index in [4.69, 9.17) is 14.4 Å². The summed E-state index contributed by atoms with van der Waals surface area (Å²) < 4.78 is 6.48. The zero-order valence-electron chi connectivity index (χ0n) is 24.2. The lowest BCUT2D eigenvalue weighted by molar-refractivity contribution is 0.673. The molecular weight excluding hydrogens is 550 g/mol. The van der Waals surface area contributed by atoms with Crippen LogP contribution in [0.3, 0.4) is 0 Å². The van der Waals surface area contributed by atoms with Gasteiger partial charge in [-0.05, 0) is 53.6 Å². The summed E-state index contributed by atoms with van der Waals surface area (Å²) in [4.78, 5) is 14.5. The van der Waals surface area contributed by atoms with E-state index in [1.807, 2.05) is 54.6 Å². The molecule has 0 fully saturated rings. The van der Waals surface area contributed by atoms with Crippen molar-refractivity contribution in [2.75, 3.05) is 0 Å². The van der Waals surface area contributed by atoms with Crippen molar-refractivity contribution in [2.24, 2.45) is 0 Å². The molecule has 0 unspecified atom stereocenters. The van der Waals surface area contributed by atoms with Crippen molar-refractivity contribution in [1.82, 2.24) is 15.0 Å². The van der Waals surface area contributed by atoms with Crippen LogP contribution in [0.4, 0.5) is 0 Å². The number of para-hydroxylation sites is 2.